The van der Waals surface area contributed by atoms with Crippen molar-refractivity contribution in [3.8, 4) is 11.5 Å². The molecule has 0 radical (unpaired) electrons. The number of hydrogen-bond acceptors (Lipinski definition) is 9. The zero-order chi connectivity index (χ0) is 31.6. The number of hydrazone groups is 1. The number of hydrogen-bond donors (Lipinski definition) is 3. The highest BCUT2D eigenvalue weighted by molar-refractivity contribution is 7.80. The Morgan fingerprint density at radius 1 is 1.11 bits per heavy atom. The third kappa shape index (κ3) is 8.30. The second-order valence-electron chi connectivity index (χ2n) is 9.30. The first-order chi connectivity index (χ1) is 21.2. The summed E-state index contributed by atoms with van der Waals surface area (Å²) in [5, 5.41) is 21.7. The maximum Gasteiger partial charge on any atom is 0.338 e. The number of thiocarbonyl (C=S) groups is 1. The van der Waals surface area contributed by atoms with E-state index >= 15 is 0 Å². The van der Waals surface area contributed by atoms with Gasteiger partial charge in [0.25, 0.3) is 11.6 Å². The van der Waals surface area contributed by atoms with Crippen LogP contribution < -0.4 is 25.5 Å². The molecule has 1 atom stereocenters. The number of benzene rings is 3. The van der Waals surface area contributed by atoms with Crippen molar-refractivity contribution < 1.29 is 28.7 Å². The highest BCUT2D eigenvalue weighted by Crippen LogP contribution is 2.33. The summed E-state index contributed by atoms with van der Waals surface area (Å²) < 4.78 is 16.9. The number of halogens is 1. The van der Waals surface area contributed by atoms with E-state index in [1.54, 1.807) is 68.4 Å². The van der Waals surface area contributed by atoms with Gasteiger partial charge in [0, 0.05) is 34.0 Å². The molecule has 1 aliphatic heterocycles. The highest BCUT2D eigenvalue weighted by atomic mass is 35.5. The number of para-hydroxylation sites is 1. The number of nitro groups is 1. The normalized spacial score (nSPS) is 14.4. The molecule has 3 aromatic carbocycles. The number of rotatable bonds is 12. The van der Waals surface area contributed by atoms with Gasteiger partial charge in [0.2, 0.25) is 0 Å². The van der Waals surface area contributed by atoms with E-state index in [1.807, 2.05) is 0 Å². The molecular formula is C30H28ClN5O7S. The van der Waals surface area contributed by atoms with Gasteiger partial charge in [0.15, 0.2) is 11.7 Å². The standard InChI is InChI=1S/C30H28ClN5O7S/c1-3-41-29(38)27-18(2)33-30(44)34-28(27)23-6-4-5-7-25(23)43-17-26(37)35-32-15-20-14-21(31)10-13-24(20)42-16-19-8-11-22(12-9-19)36(39)40/h4-15,28H,3,16-17H2,1-2H3,(H,35,37)(H2,33,34,44)/t28-/m0/s1. The lowest BCUT2D eigenvalue weighted by molar-refractivity contribution is -0.384. The number of nitro benzene ring substituents is 1. The van der Waals surface area contributed by atoms with Crippen molar-refractivity contribution in [2.24, 2.45) is 5.10 Å². The largest absolute Gasteiger partial charge is 0.488 e. The Bertz CT molecular complexity index is 1630. The monoisotopic (exact) mass is 637 g/mol. The molecule has 44 heavy (non-hydrogen) atoms. The minimum absolute atomic E-state index is 0.0170. The van der Waals surface area contributed by atoms with E-state index < -0.39 is 22.8 Å². The van der Waals surface area contributed by atoms with Gasteiger partial charge >= 0.3 is 5.97 Å². The van der Waals surface area contributed by atoms with Crippen LogP contribution in [0, 0.1) is 10.1 Å². The van der Waals surface area contributed by atoms with Crippen LogP contribution in [-0.4, -0.2) is 41.3 Å². The second-order valence-corrected chi connectivity index (χ2v) is 10.1. The first-order valence-electron chi connectivity index (χ1n) is 13.3. The van der Waals surface area contributed by atoms with Crippen LogP contribution in [0.4, 0.5) is 5.69 Å². The SMILES string of the molecule is CCOC(=O)C1=C(C)NC(=S)N[C@H]1c1ccccc1OCC(=O)NN=Cc1cc(Cl)ccc1OCc1ccc([N+](=O)[O-])cc1. The molecule has 0 saturated carbocycles. The van der Waals surface area contributed by atoms with Crippen LogP contribution in [0.1, 0.15) is 36.6 Å². The molecule has 1 aliphatic rings. The molecule has 0 aliphatic carbocycles. The lowest BCUT2D eigenvalue weighted by Crippen LogP contribution is -2.45. The summed E-state index contributed by atoms with van der Waals surface area (Å²) in [6.45, 7) is 3.42. The fourth-order valence-electron chi connectivity index (χ4n) is 4.23. The molecule has 228 valence electrons. The van der Waals surface area contributed by atoms with Crippen LogP contribution in [-0.2, 0) is 20.9 Å². The van der Waals surface area contributed by atoms with Gasteiger partial charge in [-0.25, -0.2) is 10.2 Å². The third-order valence-electron chi connectivity index (χ3n) is 6.26. The minimum atomic E-state index is -0.660. The van der Waals surface area contributed by atoms with E-state index in [0.717, 1.165) is 5.56 Å². The molecule has 0 spiro atoms. The summed E-state index contributed by atoms with van der Waals surface area (Å²) in [7, 11) is 0. The summed E-state index contributed by atoms with van der Waals surface area (Å²) in [5.74, 6) is -0.252. The Hall–Kier alpha value is -5.01. The topological polar surface area (TPSA) is 153 Å². The summed E-state index contributed by atoms with van der Waals surface area (Å²) >= 11 is 11.5. The Balaban J connectivity index is 1.40. The first-order valence-corrected chi connectivity index (χ1v) is 14.1. The Labute approximate surface area is 263 Å². The Morgan fingerprint density at radius 2 is 1.86 bits per heavy atom. The van der Waals surface area contributed by atoms with E-state index in [0.29, 0.717) is 44.0 Å². The lowest BCUT2D eigenvalue weighted by Gasteiger charge is -2.30. The maximum absolute atomic E-state index is 12.7. The zero-order valence-corrected chi connectivity index (χ0v) is 25.2. The molecule has 14 heteroatoms. The Morgan fingerprint density at radius 3 is 2.59 bits per heavy atom. The third-order valence-corrected chi connectivity index (χ3v) is 6.71. The lowest BCUT2D eigenvalue weighted by atomic mass is 9.95. The van der Waals surface area contributed by atoms with Crippen LogP contribution in [0.2, 0.25) is 5.02 Å². The van der Waals surface area contributed by atoms with Gasteiger partial charge in [-0.05, 0) is 68.0 Å². The number of nitrogens with one attached hydrogen (secondary N) is 3. The zero-order valence-electron chi connectivity index (χ0n) is 23.7. The van der Waals surface area contributed by atoms with E-state index in [-0.39, 0.29) is 25.5 Å². The molecule has 3 aromatic rings. The second kappa shape index (κ2) is 14.9. The minimum Gasteiger partial charge on any atom is -0.488 e. The fraction of sp³-hybridized carbons (Fsp3) is 0.200. The molecule has 0 saturated heterocycles. The molecule has 0 aromatic heterocycles. The van der Waals surface area contributed by atoms with Gasteiger partial charge in [0.1, 0.15) is 18.1 Å². The fourth-order valence-corrected chi connectivity index (χ4v) is 4.68. The number of non-ortho nitro benzene ring substituents is 1. The average Bonchev–Trinajstić information content (AvgIpc) is 2.99. The summed E-state index contributed by atoms with van der Waals surface area (Å²) in [6.07, 6.45) is 1.38. The number of carbonyl (C=O) groups is 2. The van der Waals surface area contributed by atoms with Gasteiger partial charge in [-0.15, -0.1) is 0 Å². The number of ether oxygens (including phenoxy) is 3. The molecule has 4 rings (SSSR count). The van der Waals surface area contributed by atoms with Crippen LogP contribution in [0.5, 0.6) is 11.5 Å². The highest BCUT2D eigenvalue weighted by Gasteiger charge is 2.32. The molecule has 3 N–H and O–H groups in total. The molecule has 12 nitrogen and oxygen atoms in total. The molecule has 1 heterocycles. The van der Waals surface area contributed by atoms with Gasteiger partial charge in [-0.3, -0.25) is 14.9 Å². The molecule has 0 bridgehead atoms. The average molecular weight is 638 g/mol. The van der Waals surface area contributed by atoms with Crippen molar-refractivity contribution in [3.05, 3.63) is 110 Å². The van der Waals surface area contributed by atoms with Crippen molar-refractivity contribution >= 4 is 52.7 Å². The predicted octanol–water partition coefficient (Wildman–Crippen LogP) is 4.71. The number of amides is 1. The van der Waals surface area contributed by atoms with Crippen LogP contribution >= 0.6 is 23.8 Å². The number of carbonyl (C=O) groups excluding carboxylic acids is 2. The molecule has 0 unspecified atom stereocenters. The van der Waals surface area contributed by atoms with Crippen molar-refractivity contribution in [1.82, 2.24) is 16.1 Å². The smallest absolute Gasteiger partial charge is 0.338 e. The molecular weight excluding hydrogens is 610 g/mol. The Kier molecular flexibility index (Phi) is 10.8. The van der Waals surface area contributed by atoms with E-state index in [9.17, 15) is 19.7 Å². The van der Waals surface area contributed by atoms with Gasteiger partial charge in [0.05, 0.1) is 29.4 Å². The molecule has 0 fully saturated rings. The summed E-state index contributed by atoms with van der Waals surface area (Å²) in [4.78, 5) is 35.7. The van der Waals surface area contributed by atoms with Gasteiger partial charge in [-0.1, -0.05) is 29.8 Å². The number of allylic oxidation sites excluding steroid dienone is 1. The van der Waals surface area contributed by atoms with Gasteiger partial charge < -0.3 is 24.8 Å². The number of esters is 1. The van der Waals surface area contributed by atoms with E-state index in [4.69, 9.17) is 38.0 Å². The van der Waals surface area contributed by atoms with E-state index in [2.05, 4.69) is 21.2 Å². The number of nitrogens with zero attached hydrogens (tertiary/aromatic N) is 2. The van der Waals surface area contributed by atoms with Crippen molar-refractivity contribution in [2.45, 2.75) is 26.5 Å². The van der Waals surface area contributed by atoms with Crippen LogP contribution in [0.15, 0.2) is 83.1 Å². The van der Waals surface area contributed by atoms with E-state index in [1.165, 1.54) is 18.3 Å². The quantitative estimate of drug-likeness (QED) is 0.0836. The predicted molar refractivity (Wildman–Crippen MR) is 167 cm³/mol. The van der Waals surface area contributed by atoms with Crippen molar-refractivity contribution in [3.63, 3.8) is 0 Å². The van der Waals surface area contributed by atoms with Crippen molar-refractivity contribution in [1.29, 1.82) is 0 Å². The summed E-state index contributed by atoms with van der Waals surface area (Å²) in [6, 6.07) is 17.2. The van der Waals surface area contributed by atoms with Gasteiger partial charge in [-0.2, -0.15) is 5.10 Å². The summed E-state index contributed by atoms with van der Waals surface area (Å²) in [5.41, 5.74) is 5.09. The maximum atomic E-state index is 12.7. The molecule has 1 amide bonds. The first kappa shape index (κ1) is 31.9. The van der Waals surface area contributed by atoms with Crippen molar-refractivity contribution in [2.75, 3.05) is 13.2 Å². The van der Waals surface area contributed by atoms with Crippen LogP contribution in [0.3, 0.4) is 0 Å². The van der Waals surface area contributed by atoms with Crippen LogP contribution in [0.25, 0.3) is 0 Å².